The van der Waals surface area contributed by atoms with Crippen LogP contribution in [0.5, 0.6) is 5.75 Å². The highest BCUT2D eigenvalue weighted by atomic mass is 32.2. The highest BCUT2D eigenvalue weighted by molar-refractivity contribution is 7.90. The molecule has 3 aromatic carbocycles. The summed E-state index contributed by atoms with van der Waals surface area (Å²) in [5, 5.41) is 10.9. The molecule has 0 saturated carbocycles. The predicted molar refractivity (Wildman–Crippen MR) is 186 cm³/mol. The quantitative estimate of drug-likeness (QED) is 0.190. The van der Waals surface area contributed by atoms with Gasteiger partial charge in [0, 0.05) is 61.9 Å². The van der Waals surface area contributed by atoms with E-state index in [2.05, 4.69) is 46.2 Å². The van der Waals surface area contributed by atoms with Gasteiger partial charge in [-0.1, -0.05) is 36.4 Å². The third kappa shape index (κ3) is 6.04. The lowest BCUT2D eigenvalue weighted by Crippen LogP contribution is -2.56. The van der Waals surface area contributed by atoms with Crippen LogP contribution in [0.25, 0.3) is 33.4 Å². The van der Waals surface area contributed by atoms with E-state index < -0.39 is 11.4 Å². The molecule has 48 heavy (non-hydrogen) atoms. The topological polar surface area (TPSA) is 98.8 Å². The lowest BCUT2D eigenvalue weighted by molar-refractivity contribution is -0.0660. The molecule has 0 aliphatic carbocycles. The van der Waals surface area contributed by atoms with Crippen LogP contribution in [0.2, 0.25) is 0 Å². The van der Waals surface area contributed by atoms with E-state index in [1.54, 1.807) is 6.20 Å². The van der Waals surface area contributed by atoms with E-state index in [1.165, 1.54) is 5.69 Å². The standard InChI is InChI=1S/C38H37N5O4S/c39-24-29-22-28(8-11-37(29)47-32-13-20-45-21-14-32)34-12-15-40-38-35(34)23-36(43(38)48(44)33-4-2-1-3-5-33)27-6-9-30(10-7-27)41-16-18-42(19-17-41)31-25-46-26-31/h1-12,15,22-23,31-32H,13-14,16-21,25-26H2. The monoisotopic (exact) mass is 659 g/mol. The van der Waals surface area contributed by atoms with Crippen LogP contribution in [0.3, 0.4) is 0 Å². The van der Waals surface area contributed by atoms with Gasteiger partial charge in [-0.05, 0) is 59.7 Å². The minimum absolute atomic E-state index is 0.0346. The Balaban J connectivity index is 1.15. The van der Waals surface area contributed by atoms with E-state index in [9.17, 15) is 9.81 Å². The summed E-state index contributed by atoms with van der Waals surface area (Å²) in [6.45, 7) is 7.05. The molecule has 244 valence electrons. The van der Waals surface area contributed by atoms with Crippen LogP contribution in [0.4, 0.5) is 5.69 Å². The first-order chi connectivity index (χ1) is 23.7. The van der Waals surface area contributed by atoms with Crippen LogP contribution < -0.4 is 9.64 Å². The number of nitrogens with zero attached hydrogens (tertiary/aromatic N) is 5. The molecule has 0 bridgehead atoms. The van der Waals surface area contributed by atoms with Crippen LogP contribution in [0.1, 0.15) is 18.4 Å². The Morgan fingerprint density at radius 3 is 2.31 bits per heavy atom. The third-order valence-corrected chi connectivity index (χ3v) is 11.0. The number of hydrogen-bond donors (Lipinski definition) is 0. The molecule has 8 rings (SSSR count). The van der Waals surface area contributed by atoms with Crippen molar-refractivity contribution in [3.05, 3.63) is 96.7 Å². The summed E-state index contributed by atoms with van der Waals surface area (Å²) < 4.78 is 33.2. The molecule has 5 aromatic rings. The molecule has 5 heterocycles. The highest BCUT2D eigenvalue weighted by Gasteiger charge is 2.30. The van der Waals surface area contributed by atoms with Gasteiger partial charge >= 0.3 is 0 Å². The molecule has 3 aliphatic heterocycles. The van der Waals surface area contributed by atoms with Crippen LogP contribution in [-0.4, -0.2) is 83.2 Å². The number of aromatic nitrogens is 2. The minimum atomic E-state index is -1.55. The zero-order chi connectivity index (χ0) is 32.5. The van der Waals surface area contributed by atoms with Crippen molar-refractivity contribution < 1.29 is 18.8 Å². The largest absolute Gasteiger partial charge is 0.587 e. The Bertz CT molecular complexity index is 1930. The molecule has 0 spiro atoms. The second-order valence-electron chi connectivity index (χ2n) is 12.5. The second kappa shape index (κ2) is 13.6. The van der Waals surface area contributed by atoms with E-state index in [4.69, 9.17) is 19.2 Å². The molecule has 3 fully saturated rings. The maximum atomic E-state index is 14.3. The molecule has 10 heteroatoms. The maximum Gasteiger partial charge on any atom is 0.188 e. The Morgan fingerprint density at radius 2 is 1.60 bits per heavy atom. The van der Waals surface area contributed by atoms with Gasteiger partial charge in [0.25, 0.3) is 0 Å². The summed E-state index contributed by atoms with van der Waals surface area (Å²) >= 11 is -1.55. The highest BCUT2D eigenvalue weighted by Crippen LogP contribution is 2.38. The molecular weight excluding hydrogens is 623 g/mol. The second-order valence-corrected chi connectivity index (χ2v) is 13.8. The summed E-state index contributed by atoms with van der Waals surface area (Å²) in [6.07, 6.45) is 3.39. The number of fused-ring (bicyclic) bond motifs is 1. The number of hydrogen-bond acceptors (Lipinski definition) is 8. The fourth-order valence-corrected chi connectivity index (χ4v) is 8.06. The van der Waals surface area contributed by atoms with E-state index in [1.807, 2.05) is 58.6 Å². The molecular formula is C38H37N5O4S. The van der Waals surface area contributed by atoms with Crippen LogP contribution in [0.15, 0.2) is 96.0 Å². The molecule has 9 nitrogen and oxygen atoms in total. The Morgan fingerprint density at radius 1 is 0.854 bits per heavy atom. The number of benzene rings is 3. The first kappa shape index (κ1) is 30.9. The Hall–Kier alpha value is -4.37. The predicted octanol–water partition coefficient (Wildman–Crippen LogP) is 5.89. The summed E-state index contributed by atoms with van der Waals surface area (Å²) in [5.41, 5.74) is 5.82. The van der Waals surface area contributed by atoms with Gasteiger partial charge in [-0.15, -0.1) is 3.97 Å². The normalized spacial score (nSPS) is 18.4. The SMILES string of the molecule is N#Cc1cc(-c2ccnc3c2cc(-c2ccc(N4CCN(C5COC5)CC4)cc2)n3[S+]([O-])c2ccccc2)ccc1OC1CCOCC1. The van der Waals surface area contributed by atoms with Crippen molar-refractivity contribution in [1.29, 1.82) is 5.26 Å². The first-order valence-corrected chi connectivity index (χ1v) is 17.7. The molecule has 3 saturated heterocycles. The molecule has 0 N–H and O–H groups in total. The summed E-state index contributed by atoms with van der Waals surface area (Å²) in [5.74, 6) is 0.584. The van der Waals surface area contributed by atoms with E-state index in [0.717, 1.165) is 80.0 Å². The molecule has 2 aromatic heterocycles. The molecule has 0 radical (unpaired) electrons. The first-order valence-electron chi connectivity index (χ1n) is 16.6. The smallest absolute Gasteiger partial charge is 0.188 e. The van der Waals surface area contributed by atoms with Crippen molar-refractivity contribution in [3.63, 3.8) is 0 Å². The van der Waals surface area contributed by atoms with Crippen molar-refractivity contribution in [2.45, 2.75) is 29.9 Å². The average molecular weight is 660 g/mol. The maximum absolute atomic E-state index is 14.3. The number of pyridine rings is 1. The van der Waals surface area contributed by atoms with Gasteiger partial charge in [0.2, 0.25) is 0 Å². The lowest BCUT2D eigenvalue weighted by atomic mass is 10.0. The average Bonchev–Trinajstić information content (AvgIpc) is 3.52. The Kier molecular flexibility index (Phi) is 8.78. The van der Waals surface area contributed by atoms with Crippen LogP contribution in [-0.2, 0) is 20.8 Å². The fourth-order valence-electron chi connectivity index (χ4n) is 6.82. The van der Waals surface area contributed by atoms with Gasteiger partial charge in [0.05, 0.1) is 38.0 Å². The molecule has 1 unspecified atom stereocenters. The number of nitriles is 1. The lowest BCUT2D eigenvalue weighted by Gasteiger charge is -2.43. The molecule has 1 atom stereocenters. The van der Waals surface area contributed by atoms with Crippen molar-refractivity contribution in [3.8, 4) is 34.2 Å². The van der Waals surface area contributed by atoms with Gasteiger partial charge in [-0.2, -0.15) is 5.26 Å². The van der Waals surface area contributed by atoms with E-state index in [-0.39, 0.29) is 6.10 Å². The minimum Gasteiger partial charge on any atom is -0.587 e. The number of anilines is 1. The number of rotatable bonds is 8. The van der Waals surface area contributed by atoms with Crippen LogP contribution >= 0.6 is 0 Å². The van der Waals surface area contributed by atoms with Crippen molar-refractivity contribution >= 4 is 28.1 Å². The Labute approximate surface area is 283 Å². The summed E-state index contributed by atoms with van der Waals surface area (Å²) in [6, 6.07) is 30.7. The van der Waals surface area contributed by atoms with Gasteiger partial charge in [0.1, 0.15) is 35.0 Å². The molecule has 0 amide bonds. The van der Waals surface area contributed by atoms with Crippen molar-refractivity contribution in [1.82, 2.24) is 13.9 Å². The zero-order valence-electron chi connectivity index (χ0n) is 26.7. The molecule has 3 aliphatic rings. The van der Waals surface area contributed by atoms with Crippen molar-refractivity contribution in [2.75, 3.05) is 57.5 Å². The number of ether oxygens (including phenoxy) is 3. The fraction of sp³-hybridized carbons (Fsp3) is 0.316. The van der Waals surface area contributed by atoms with E-state index in [0.29, 0.717) is 41.1 Å². The van der Waals surface area contributed by atoms with Crippen LogP contribution in [0, 0.1) is 11.3 Å². The van der Waals surface area contributed by atoms with Gasteiger partial charge in [-0.25, -0.2) is 4.98 Å². The van der Waals surface area contributed by atoms with Gasteiger partial charge in [0.15, 0.2) is 10.5 Å². The summed E-state index contributed by atoms with van der Waals surface area (Å²) in [4.78, 5) is 10.4. The third-order valence-electron chi connectivity index (χ3n) is 9.62. The van der Waals surface area contributed by atoms with E-state index >= 15 is 0 Å². The zero-order valence-corrected chi connectivity index (χ0v) is 27.5. The number of piperazine rings is 1. The van der Waals surface area contributed by atoms with Gasteiger partial charge < -0.3 is 23.7 Å². The van der Waals surface area contributed by atoms with Crippen molar-refractivity contribution in [2.24, 2.45) is 0 Å². The summed E-state index contributed by atoms with van der Waals surface area (Å²) in [7, 11) is 0. The van der Waals surface area contributed by atoms with Gasteiger partial charge in [-0.3, -0.25) is 4.90 Å².